The van der Waals surface area contributed by atoms with Gasteiger partial charge in [-0.1, -0.05) is 30.4 Å². The number of aromatic nitrogens is 2. The molecule has 0 aromatic carbocycles. The van der Waals surface area contributed by atoms with Crippen LogP contribution in [-0.2, 0) is 0 Å². The molecule has 0 fully saturated rings. The lowest BCUT2D eigenvalue weighted by Crippen LogP contribution is -2.04. The van der Waals surface area contributed by atoms with Crippen molar-refractivity contribution in [2.45, 2.75) is 13.8 Å². The highest BCUT2D eigenvalue weighted by atomic mass is 16.4. The van der Waals surface area contributed by atoms with Crippen LogP contribution in [0.5, 0.6) is 0 Å². The van der Waals surface area contributed by atoms with Crippen LogP contribution in [-0.4, -0.2) is 21.0 Å². The van der Waals surface area contributed by atoms with Crippen LogP contribution in [0.1, 0.15) is 29.9 Å². The van der Waals surface area contributed by atoms with Crippen LogP contribution < -0.4 is 0 Å². The van der Waals surface area contributed by atoms with E-state index < -0.39 is 5.97 Å². The molecule has 4 heteroatoms. The van der Waals surface area contributed by atoms with E-state index in [2.05, 4.69) is 9.97 Å². The second-order valence-electron chi connectivity index (χ2n) is 3.22. The first kappa shape index (κ1) is 12.8. The molecular weight excluding hydrogens is 216 g/mol. The van der Waals surface area contributed by atoms with Gasteiger partial charge in [-0.2, -0.15) is 0 Å². The lowest BCUT2D eigenvalue weighted by atomic mass is 10.1. The lowest BCUT2D eigenvalue weighted by molar-refractivity contribution is 0.0695. The zero-order valence-corrected chi connectivity index (χ0v) is 9.79. The van der Waals surface area contributed by atoms with Crippen molar-refractivity contribution in [3.8, 4) is 0 Å². The quantitative estimate of drug-likeness (QED) is 0.808. The summed E-state index contributed by atoms with van der Waals surface area (Å²) < 4.78 is 0. The molecule has 0 unspecified atom stereocenters. The normalized spacial score (nSPS) is 12.5. The molecule has 1 heterocycles. The van der Waals surface area contributed by atoms with E-state index in [4.69, 9.17) is 5.11 Å². The van der Waals surface area contributed by atoms with E-state index in [1.807, 2.05) is 44.2 Å². The van der Waals surface area contributed by atoms with Gasteiger partial charge in [0.25, 0.3) is 0 Å². The second-order valence-corrected chi connectivity index (χ2v) is 3.22. The largest absolute Gasteiger partial charge is 0.478 e. The molecule has 0 aliphatic carbocycles. The van der Waals surface area contributed by atoms with Crippen molar-refractivity contribution in [3.05, 3.63) is 54.2 Å². The van der Waals surface area contributed by atoms with Crippen molar-refractivity contribution in [2.75, 3.05) is 0 Å². The molecule has 1 aromatic rings. The Morgan fingerprint density at radius 3 is 2.71 bits per heavy atom. The van der Waals surface area contributed by atoms with Crippen LogP contribution >= 0.6 is 0 Å². The van der Waals surface area contributed by atoms with E-state index in [0.29, 0.717) is 5.69 Å². The number of aromatic carboxylic acids is 1. The summed E-state index contributed by atoms with van der Waals surface area (Å²) in [4.78, 5) is 18.8. The van der Waals surface area contributed by atoms with Crippen LogP contribution in [0.15, 0.2) is 42.9 Å². The summed E-state index contributed by atoms with van der Waals surface area (Å²) in [6, 6.07) is 0. The minimum Gasteiger partial charge on any atom is -0.478 e. The Morgan fingerprint density at radius 1 is 1.35 bits per heavy atom. The van der Waals surface area contributed by atoms with Crippen LogP contribution in [0.2, 0.25) is 0 Å². The second kappa shape index (κ2) is 6.37. The summed E-state index contributed by atoms with van der Waals surface area (Å²) in [6.07, 6.45) is 11.9. The highest BCUT2D eigenvalue weighted by molar-refractivity contribution is 5.94. The van der Waals surface area contributed by atoms with Crippen LogP contribution in [0, 0.1) is 0 Å². The first-order valence-electron chi connectivity index (χ1n) is 5.20. The first-order valence-corrected chi connectivity index (χ1v) is 5.20. The van der Waals surface area contributed by atoms with Gasteiger partial charge in [0.1, 0.15) is 11.9 Å². The molecule has 0 radical (unpaired) electrons. The Bertz CT molecular complexity index is 488. The fraction of sp³-hybridized carbons (Fsp3) is 0.154. The third kappa shape index (κ3) is 3.38. The maximum atomic E-state index is 11.0. The molecule has 4 nitrogen and oxygen atoms in total. The molecule has 1 aromatic heterocycles. The Kier molecular flexibility index (Phi) is 4.81. The summed E-state index contributed by atoms with van der Waals surface area (Å²) in [5.41, 5.74) is 1.28. The number of nitrogens with zero attached hydrogens (tertiary/aromatic N) is 2. The smallest absolute Gasteiger partial charge is 0.339 e. The molecule has 0 atom stereocenters. The van der Waals surface area contributed by atoms with Gasteiger partial charge in [0.2, 0.25) is 0 Å². The summed E-state index contributed by atoms with van der Waals surface area (Å²) in [7, 11) is 0. The minimum absolute atomic E-state index is 0.103. The monoisotopic (exact) mass is 230 g/mol. The fourth-order valence-corrected chi connectivity index (χ4v) is 1.30. The molecule has 17 heavy (non-hydrogen) atoms. The number of hydrogen-bond acceptors (Lipinski definition) is 3. The van der Waals surface area contributed by atoms with E-state index in [-0.39, 0.29) is 5.56 Å². The molecular formula is C13H14N2O2. The molecule has 0 spiro atoms. The Morgan fingerprint density at radius 2 is 2.12 bits per heavy atom. The number of hydrogen-bond donors (Lipinski definition) is 1. The predicted molar refractivity (Wildman–Crippen MR) is 66.6 cm³/mol. The van der Waals surface area contributed by atoms with E-state index in [1.165, 1.54) is 12.5 Å². The highest BCUT2D eigenvalue weighted by Gasteiger charge is 2.12. The number of carboxylic acid groups (broad SMARTS) is 1. The summed E-state index contributed by atoms with van der Waals surface area (Å²) >= 11 is 0. The third-order valence-corrected chi connectivity index (χ3v) is 2.11. The third-order valence-electron chi connectivity index (χ3n) is 2.11. The fourth-order valence-electron chi connectivity index (χ4n) is 1.30. The molecule has 1 N–H and O–H groups in total. The van der Waals surface area contributed by atoms with Crippen LogP contribution in [0.25, 0.3) is 5.57 Å². The Hall–Kier alpha value is -2.23. The minimum atomic E-state index is -1.03. The zero-order chi connectivity index (χ0) is 12.7. The Balaban J connectivity index is 3.17. The van der Waals surface area contributed by atoms with Crippen LogP contribution in [0.4, 0.5) is 0 Å². The lowest BCUT2D eigenvalue weighted by Gasteiger charge is -2.04. The number of carbonyl (C=O) groups is 1. The van der Waals surface area contributed by atoms with Gasteiger partial charge in [-0.15, -0.1) is 0 Å². The standard InChI is InChI=1S/C13H14N2O2/c1-3-5-6-7-10(4-2)12-11(13(16)17)8-14-9-15-12/h3-9H,1-2H3,(H,16,17)/b5-3-,7-6-,10-4+. The molecule has 0 aliphatic heterocycles. The first-order chi connectivity index (χ1) is 8.20. The van der Waals surface area contributed by atoms with Crippen molar-refractivity contribution in [3.63, 3.8) is 0 Å². The molecule has 0 saturated heterocycles. The van der Waals surface area contributed by atoms with Gasteiger partial charge in [-0.3, -0.25) is 0 Å². The van der Waals surface area contributed by atoms with Crippen molar-refractivity contribution >= 4 is 11.5 Å². The SMILES string of the molecule is C\C=C/C=C\C(=C/C)c1ncncc1C(=O)O. The number of carboxylic acids is 1. The number of rotatable bonds is 4. The van der Waals surface area contributed by atoms with E-state index >= 15 is 0 Å². The summed E-state index contributed by atoms with van der Waals surface area (Å²) in [6.45, 7) is 3.75. The average molecular weight is 230 g/mol. The van der Waals surface area contributed by atoms with Crippen molar-refractivity contribution in [2.24, 2.45) is 0 Å². The summed E-state index contributed by atoms with van der Waals surface area (Å²) in [5, 5.41) is 9.04. The van der Waals surface area contributed by atoms with Gasteiger partial charge in [0, 0.05) is 6.20 Å². The highest BCUT2D eigenvalue weighted by Crippen LogP contribution is 2.17. The van der Waals surface area contributed by atoms with Gasteiger partial charge in [0.05, 0.1) is 5.69 Å². The van der Waals surface area contributed by atoms with Gasteiger partial charge >= 0.3 is 5.97 Å². The van der Waals surface area contributed by atoms with Crippen molar-refractivity contribution in [1.29, 1.82) is 0 Å². The molecule has 0 saturated carbocycles. The molecule has 0 bridgehead atoms. The van der Waals surface area contributed by atoms with E-state index in [1.54, 1.807) is 0 Å². The average Bonchev–Trinajstić information content (AvgIpc) is 2.35. The summed E-state index contributed by atoms with van der Waals surface area (Å²) in [5.74, 6) is -1.03. The zero-order valence-electron chi connectivity index (χ0n) is 9.79. The van der Waals surface area contributed by atoms with Gasteiger partial charge in [-0.05, 0) is 19.4 Å². The number of allylic oxidation sites excluding steroid dienone is 6. The van der Waals surface area contributed by atoms with Gasteiger partial charge in [-0.25, -0.2) is 14.8 Å². The molecule has 1 rings (SSSR count). The molecule has 88 valence electrons. The van der Waals surface area contributed by atoms with E-state index in [9.17, 15) is 4.79 Å². The van der Waals surface area contributed by atoms with Gasteiger partial charge < -0.3 is 5.11 Å². The predicted octanol–water partition coefficient (Wildman–Crippen LogP) is 2.71. The maximum absolute atomic E-state index is 11.0. The van der Waals surface area contributed by atoms with Crippen molar-refractivity contribution in [1.82, 2.24) is 9.97 Å². The van der Waals surface area contributed by atoms with Gasteiger partial charge in [0.15, 0.2) is 0 Å². The molecule has 0 aliphatic rings. The van der Waals surface area contributed by atoms with Crippen molar-refractivity contribution < 1.29 is 9.90 Å². The Labute approximate surface area is 100 Å². The van der Waals surface area contributed by atoms with Crippen LogP contribution in [0.3, 0.4) is 0 Å². The van der Waals surface area contributed by atoms with E-state index in [0.717, 1.165) is 5.57 Å². The topological polar surface area (TPSA) is 63.1 Å². The molecule has 0 amide bonds. The maximum Gasteiger partial charge on any atom is 0.339 e.